The Bertz CT molecular complexity index is 1110. The van der Waals surface area contributed by atoms with E-state index in [1.165, 1.54) is 0 Å². The van der Waals surface area contributed by atoms with Gasteiger partial charge >= 0.3 is 52.7 Å². The lowest BCUT2D eigenvalue weighted by Crippen LogP contribution is -2.75. The van der Waals surface area contributed by atoms with E-state index in [9.17, 15) is 85.2 Å². The number of anilines is 1. The molecule has 0 aliphatic carbocycles. The van der Waals surface area contributed by atoms with Crippen molar-refractivity contribution < 1.29 is 80.0 Å². The molecule has 0 aliphatic rings. The second-order valence-electron chi connectivity index (χ2n) is 6.89. The van der Waals surface area contributed by atoms with E-state index in [-0.39, 0.29) is 12.1 Å². The quantitative estimate of drug-likeness (QED) is 0.126. The summed E-state index contributed by atoms with van der Waals surface area (Å²) in [6, 6.07) is 0.768. The van der Waals surface area contributed by atoms with Gasteiger partial charge in [-0.05, 0) is 17.7 Å². The monoisotopic (exact) mass is 634 g/mol. The molecular weight excluding hydrogens is 631 g/mol. The van der Waals surface area contributed by atoms with Gasteiger partial charge in [0.2, 0.25) is 0 Å². The maximum Gasteiger partial charge on any atom is 0.393 e. The van der Waals surface area contributed by atoms with Crippen LogP contribution in [-0.4, -0.2) is 57.7 Å². The van der Waals surface area contributed by atoms with Crippen LogP contribution in [0.3, 0.4) is 0 Å². The number of nitro benzene ring substituents is 1. The van der Waals surface area contributed by atoms with Gasteiger partial charge in [0.05, 0.1) is 15.6 Å². The molecule has 0 heterocycles. The van der Waals surface area contributed by atoms with E-state index >= 15 is 0 Å². The second kappa shape index (κ2) is 9.33. The largest absolute Gasteiger partial charge is 0.393 e. The first-order valence-electron chi connectivity index (χ1n) is 8.43. The van der Waals surface area contributed by atoms with E-state index in [4.69, 9.17) is 11.6 Å². The van der Waals surface area contributed by atoms with E-state index in [2.05, 4.69) is 11.6 Å². The molecule has 0 saturated carbocycles. The predicted octanol–water partition coefficient (Wildman–Crippen LogP) is 7.47. The normalized spacial score (nSPS) is 14.9. The molecule has 0 aliphatic heterocycles. The Balaban J connectivity index is 3.58. The number of benzene rings is 1. The molecule has 0 radical (unpaired) electrons. The Hall–Kier alpha value is -2.45. The molecule has 1 amide bonds. The van der Waals surface area contributed by atoms with Gasteiger partial charge in [0, 0.05) is 12.1 Å². The van der Waals surface area contributed by atoms with Crippen LogP contribution in [0.2, 0.25) is 5.02 Å². The SMILES string of the molecule is O=C(Nc1ccc([N+](=O)[O-])cc1Cl)C(F)(F)C(F)(F)C(F)(F)C(F)(F)C(F)(F)C(F)(F)C(F)(F)C(F)(F)Cl. The minimum absolute atomic E-state index is 0.197. The Morgan fingerprint density at radius 2 is 1.08 bits per heavy atom. The fourth-order valence-electron chi connectivity index (χ4n) is 2.23. The fraction of sp³-hybridized carbons (Fsp3) is 0.533. The second-order valence-corrected chi connectivity index (χ2v) is 7.78. The lowest BCUT2D eigenvalue weighted by atomic mass is 9.89. The molecule has 1 aromatic carbocycles. The molecule has 0 atom stereocenters. The predicted molar refractivity (Wildman–Crippen MR) is 92.2 cm³/mol. The van der Waals surface area contributed by atoms with Crippen LogP contribution in [-0.2, 0) is 4.79 Å². The van der Waals surface area contributed by atoms with Gasteiger partial charge in [-0.2, -0.15) is 70.2 Å². The zero-order valence-electron chi connectivity index (χ0n) is 16.7. The molecule has 0 aromatic heterocycles. The summed E-state index contributed by atoms with van der Waals surface area (Å²) >= 11 is 8.69. The summed E-state index contributed by atoms with van der Waals surface area (Å²) < 4.78 is 215. The van der Waals surface area contributed by atoms with Crippen molar-refractivity contribution in [1.29, 1.82) is 0 Å². The zero-order chi connectivity index (χ0) is 30.7. The van der Waals surface area contributed by atoms with Crippen molar-refractivity contribution in [2.45, 2.75) is 46.8 Å². The molecule has 218 valence electrons. The maximum absolute atomic E-state index is 13.9. The van der Waals surface area contributed by atoms with E-state index in [0.717, 1.165) is 0 Å². The molecule has 5 nitrogen and oxygen atoms in total. The highest BCUT2D eigenvalue weighted by Crippen LogP contribution is 2.64. The number of alkyl halides is 17. The Labute approximate surface area is 206 Å². The van der Waals surface area contributed by atoms with E-state index in [1.807, 2.05) is 0 Å². The molecule has 0 unspecified atom stereocenters. The van der Waals surface area contributed by atoms with Crippen molar-refractivity contribution >= 4 is 40.5 Å². The van der Waals surface area contributed by atoms with E-state index < -0.39 is 74.1 Å². The molecule has 23 heteroatoms. The van der Waals surface area contributed by atoms with Gasteiger partial charge in [0.1, 0.15) is 0 Å². The van der Waals surface area contributed by atoms with Crippen LogP contribution in [0.4, 0.5) is 81.6 Å². The van der Waals surface area contributed by atoms with Gasteiger partial charge in [-0.25, -0.2) is 0 Å². The number of carbonyl (C=O) groups is 1. The third-order valence-electron chi connectivity index (χ3n) is 4.42. The lowest BCUT2D eigenvalue weighted by molar-refractivity contribution is -0.445. The number of non-ortho nitro benzene ring substituents is 1. The van der Waals surface area contributed by atoms with Crippen LogP contribution in [0.5, 0.6) is 0 Å². The summed E-state index contributed by atoms with van der Waals surface area (Å²) in [7, 11) is 0. The van der Waals surface area contributed by atoms with Gasteiger partial charge < -0.3 is 5.32 Å². The molecular formula is C15H4Cl2F16N2O3. The van der Waals surface area contributed by atoms with Crippen LogP contribution in [0, 0.1) is 10.1 Å². The number of nitrogens with one attached hydrogen (secondary N) is 1. The van der Waals surface area contributed by atoms with Crippen LogP contribution >= 0.6 is 23.2 Å². The number of halogens is 18. The van der Waals surface area contributed by atoms with Gasteiger partial charge in [0.25, 0.3) is 5.69 Å². The zero-order valence-corrected chi connectivity index (χ0v) is 18.2. The number of carbonyl (C=O) groups excluding carboxylic acids is 1. The molecule has 1 aromatic rings. The van der Waals surface area contributed by atoms with Crippen LogP contribution in [0.25, 0.3) is 0 Å². The van der Waals surface area contributed by atoms with Gasteiger partial charge in [-0.15, -0.1) is 0 Å². The van der Waals surface area contributed by atoms with Crippen molar-refractivity contribution in [3.63, 3.8) is 0 Å². The average Bonchev–Trinajstić information content (AvgIpc) is 2.73. The summed E-state index contributed by atoms with van der Waals surface area (Å²) in [5.41, 5.74) is -2.28. The third kappa shape index (κ3) is 4.64. The summed E-state index contributed by atoms with van der Waals surface area (Å²) in [6.07, 6.45) is 0. The maximum atomic E-state index is 13.9. The summed E-state index contributed by atoms with van der Waals surface area (Å²) in [5, 5.41) is 3.04. The van der Waals surface area contributed by atoms with Crippen molar-refractivity contribution in [2.24, 2.45) is 0 Å². The van der Waals surface area contributed by atoms with Crippen LogP contribution in [0.1, 0.15) is 0 Å². The smallest absolute Gasteiger partial charge is 0.319 e. The molecule has 0 spiro atoms. The van der Waals surface area contributed by atoms with Crippen molar-refractivity contribution in [2.75, 3.05) is 5.32 Å². The van der Waals surface area contributed by atoms with Crippen LogP contribution < -0.4 is 5.32 Å². The molecule has 1 rings (SSSR count). The summed E-state index contributed by atoms with van der Waals surface area (Å²) in [6.45, 7) is 0. The fourth-order valence-corrected chi connectivity index (χ4v) is 2.57. The highest BCUT2D eigenvalue weighted by Gasteiger charge is 2.95. The number of nitrogens with zero attached hydrogens (tertiary/aromatic N) is 1. The Kier molecular flexibility index (Phi) is 8.25. The van der Waals surface area contributed by atoms with Gasteiger partial charge in [-0.1, -0.05) is 11.6 Å². The minimum Gasteiger partial charge on any atom is -0.319 e. The average molecular weight is 635 g/mol. The molecule has 38 heavy (non-hydrogen) atoms. The topological polar surface area (TPSA) is 72.2 Å². The Morgan fingerprint density at radius 1 is 0.711 bits per heavy atom. The first-order chi connectivity index (χ1) is 16.5. The highest BCUT2D eigenvalue weighted by molar-refractivity contribution is 6.34. The number of nitro groups is 1. The number of rotatable bonds is 10. The van der Waals surface area contributed by atoms with Gasteiger partial charge in [-0.3, -0.25) is 14.9 Å². The summed E-state index contributed by atoms with van der Waals surface area (Å²) in [4.78, 5) is 20.8. The van der Waals surface area contributed by atoms with Crippen molar-refractivity contribution in [3.05, 3.63) is 33.3 Å². The first-order valence-corrected chi connectivity index (χ1v) is 9.19. The first kappa shape index (κ1) is 33.6. The van der Waals surface area contributed by atoms with Crippen molar-refractivity contribution in [3.8, 4) is 0 Å². The number of hydrogen-bond acceptors (Lipinski definition) is 3. The van der Waals surface area contributed by atoms with Crippen molar-refractivity contribution in [1.82, 2.24) is 0 Å². The van der Waals surface area contributed by atoms with Crippen LogP contribution in [0.15, 0.2) is 18.2 Å². The van der Waals surface area contributed by atoms with E-state index in [1.54, 1.807) is 0 Å². The highest BCUT2D eigenvalue weighted by atomic mass is 35.5. The molecule has 0 bridgehead atoms. The number of amides is 1. The van der Waals surface area contributed by atoms with Gasteiger partial charge in [0.15, 0.2) is 0 Å². The standard InChI is InChI=1S/C15H4Cl2F16N2O3/c16-5-3-4(35(37)38)1-2-6(5)34-7(36)8(18,19)9(20,21)10(22,23)11(24,25)12(26,27)13(28,29)14(30,31)15(17,32)33/h1-3H,(H,34,36). The third-order valence-corrected chi connectivity index (χ3v) is 4.97. The number of hydrogen-bond donors (Lipinski definition) is 1. The molecule has 1 N–H and O–H groups in total. The summed E-state index contributed by atoms with van der Waals surface area (Å²) in [5.74, 6) is -61.6. The lowest BCUT2D eigenvalue weighted by Gasteiger charge is -2.42. The molecule has 0 fully saturated rings. The Morgan fingerprint density at radius 3 is 1.42 bits per heavy atom. The van der Waals surface area contributed by atoms with E-state index in [0.29, 0.717) is 11.4 Å². The molecule has 0 saturated heterocycles. The minimum atomic E-state index is -8.73.